The van der Waals surface area contributed by atoms with Crippen LogP contribution in [0.25, 0.3) is 101 Å². The van der Waals surface area contributed by atoms with Crippen LogP contribution in [0.5, 0.6) is 0 Å². The Labute approximate surface area is 318 Å². The van der Waals surface area contributed by atoms with Crippen molar-refractivity contribution < 1.29 is 4.42 Å². The van der Waals surface area contributed by atoms with Gasteiger partial charge in [-0.05, 0) is 41.0 Å². The van der Waals surface area contributed by atoms with Gasteiger partial charge in [0.05, 0.1) is 11.4 Å². The summed E-state index contributed by atoms with van der Waals surface area (Å²) in [5, 5.41) is 2.20. The first-order chi connectivity index (χ1) is 27.2. The molecule has 0 fully saturated rings. The first kappa shape index (κ1) is 32.2. The number of pyridine rings is 1. The van der Waals surface area contributed by atoms with Crippen molar-refractivity contribution in [3.63, 3.8) is 0 Å². The number of furan rings is 1. The van der Waals surface area contributed by atoms with Crippen molar-refractivity contribution in [3.8, 4) is 78.9 Å². The Morgan fingerprint density at radius 3 is 1.49 bits per heavy atom. The van der Waals surface area contributed by atoms with Crippen molar-refractivity contribution in [2.75, 3.05) is 0 Å². The van der Waals surface area contributed by atoms with E-state index >= 15 is 0 Å². The van der Waals surface area contributed by atoms with Gasteiger partial charge in [-0.1, -0.05) is 170 Å². The number of rotatable bonds is 7. The van der Waals surface area contributed by atoms with E-state index in [9.17, 15) is 0 Å². The van der Waals surface area contributed by atoms with E-state index in [0.717, 1.165) is 83.4 Å². The molecule has 0 bridgehead atoms. The molecule has 0 aliphatic carbocycles. The van der Waals surface area contributed by atoms with Gasteiger partial charge in [-0.25, -0.2) is 19.9 Å². The molecule has 0 unspecified atom stereocenters. The van der Waals surface area contributed by atoms with Crippen molar-refractivity contribution in [2.45, 2.75) is 0 Å². The molecule has 0 aliphatic rings. The lowest BCUT2D eigenvalue weighted by atomic mass is 9.93. The molecule has 5 heteroatoms. The molecule has 7 aromatic carbocycles. The minimum atomic E-state index is 0.609. The summed E-state index contributed by atoms with van der Waals surface area (Å²) in [5.74, 6) is 1.87. The minimum absolute atomic E-state index is 0.609. The lowest BCUT2D eigenvalue weighted by Gasteiger charge is -2.14. The Morgan fingerprint density at radius 1 is 0.291 bits per heavy atom. The summed E-state index contributed by atoms with van der Waals surface area (Å²) in [7, 11) is 0. The van der Waals surface area contributed by atoms with Crippen LogP contribution in [0.15, 0.2) is 199 Å². The Hall–Kier alpha value is -7.50. The number of hydrogen-bond acceptors (Lipinski definition) is 5. The molecule has 3 heterocycles. The quantitative estimate of drug-likeness (QED) is 0.165. The lowest BCUT2D eigenvalue weighted by molar-refractivity contribution is 0.670. The molecule has 0 atom stereocenters. The highest BCUT2D eigenvalue weighted by atomic mass is 16.3. The molecule has 0 radical (unpaired) electrons. The van der Waals surface area contributed by atoms with Gasteiger partial charge in [0.2, 0.25) is 0 Å². The van der Waals surface area contributed by atoms with Gasteiger partial charge in [-0.3, -0.25) is 0 Å². The summed E-state index contributed by atoms with van der Waals surface area (Å²) in [4.78, 5) is 20.2. The van der Waals surface area contributed by atoms with Crippen LogP contribution in [0, 0.1) is 0 Å². The number of aromatic nitrogens is 4. The molecule has 258 valence electrons. The second kappa shape index (κ2) is 13.8. The fraction of sp³-hybridized carbons (Fsp3) is 0. The van der Waals surface area contributed by atoms with E-state index in [1.54, 1.807) is 0 Å². The predicted molar refractivity (Wildman–Crippen MR) is 223 cm³/mol. The van der Waals surface area contributed by atoms with Crippen LogP contribution >= 0.6 is 0 Å². The molecule has 0 spiro atoms. The smallest absolute Gasteiger partial charge is 0.164 e. The van der Waals surface area contributed by atoms with Crippen molar-refractivity contribution in [2.24, 2.45) is 0 Å². The van der Waals surface area contributed by atoms with Gasteiger partial charge in [-0.15, -0.1) is 0 Å². The third kappa shape index (κ3) is 6.14. The zero-order valence-electron chi connectivity index (χ0n) is 29.7. The van der Waals surface area contributed by atoms with E-state index in [-0.39, 0.29) is 0 Å². The van der Waals surface area contributed by atoms with Crippen molar-refractivity contribution in [1.82, 2.24) is 19.9 Å². The molecule has 10 aromatic rings. The number of fused-ring (bicyclic) bond motifs is 3. The zero-order valence-corrected chi connectivity index (χ0v) is 29.7. The van der Waals surface area contributed by atoms with Crippen LogP contribution in [0.1, 0.15) is 0 Å². The van der Waals surface area contributed by atoms with Gasteiger partial charge < -0.3 is 4.42 Å². The summed E-state index contributed by atoms with van der Waals surface area (Å²) >= 11 is 0. The summed E-state index contributed by atoms with van der Waals surface area (Å²) < 4.78 is 6.51. The maximum Gasteiger partial charge on any atom is 0.164 e. The fourth-order valence-corrected chi connectivity index (χ4v) is 7.28. The summed E-state index contributed by atoms with van der Waals surface area (Å²) in [5.41, 5.74) is 12.4. The average Bonchev–Trinajstić information content (AvgIpc) is 3.66. The molecule has 55 heavy (non-hydrogen) atoms. The zero-order chi connectivity index (χ0) is 36.6. The highest BCUT2D eigenvalue weighted by molar-refractivity contribution is 6.09. The largest absolute Gasteiger partial charge is 0.455 e. The van der Waals surface area contributed by atoms with Gasteiger partial charge in [-0.2, -0.15) is 0 Å². The Balaban J connectivity index is 1.13. The van der Waals surface area contributed by atoms with E-state index < -0.39 is 0 Å². The molecule has 0 saturated carbocycles. The fourth-order valence-electron chi connectivity index (χ4n) is 7.28. The maximum atomic E-state index is 6.51. The standard InChI is InChI=1S/C50H32N4O/c1-4-16-33(17-5-1)44-31-38(40-27-15-28-43-42-26-12-13-29-46(42)55-47(40)43)32-45(51-44)41-25-11-10-24-39(41)36-22-14-23-37(30-36)50-53-48(34-18-6-2-7-19-34)52-49(54-50)35-20-8-3-9-21-35/h1-32H. The molecular weight excluding hydrogens is 673 g/mol. The molecule has 0 amide bonds. The SMILES string of the molecule is c1ccc(-c2cc(-c3cccc4c3oc3ccccc34)cc(-c3ccccc3-c3cccc(-c4nc(-c5ccccc5)nc(-c5ccccc5)n4)c3)n2)cc1. The molecule has 5 nitrogen and oxygen atoms in total. The highest BCUT2D eigenvalue weighted by Crippen LogP contribution is 2.40. The van der Waals surface area contributed by atoms with E-state index in [0.29, 0.717) is 17.5 Å². The molecule has 0 saturated heterocycles. The van der Waals surface area contributed by atoms with Crippen LogP contribution in [-0.4, -0.2) is 19.9 Å². The molecule has 0 N–H and O–H groups in total. The third-order valence-corrected chi connectivity index (χ3v) is 9.94. The monoisotopic (exact) mass is 704 g/mol. The summed E-state index contributed by atoms with van der Waals surface area (Å²) in [6, 6.07) is 66.3. The van der Waals surface area contributed by atoms with Crippen molar-refractivity contribution >= 4 is 21.9 Å². The second-order valence-electron chi connectivity index (χ2n) is 13.4. The Bertz CT molecular complexity index is 2920. The first-order valence-corrected chi connectivity index (χ1v) is 18.3. The summed E-state index contributed by atoms with van der Waals surface area (Å²) in [6.45, 7) is 0. The number of hydrogen-bond donors (Lipinski definition) is 0. The highest BCUT2D eigenvalue weighted by Gasteiger charge is 2.18. The molecule has 0 aliphatic heterocycles. The van der Waals surface area contributed by atoms with Crippen LogP contribution in [0.3, 0.4) is 0 Å². The number of benzene rings is 7. The van der Waals surface area contributed by atoms with E-state index in [2.05, 4.69) is 115 Å². The minimum Gasteiger partial charge on any atom is -0.455 e. The second-order valence-corrected chi connectivity index (χ2v) is 13.4. The first-order valence-electron chi connectivity index (χ1n) is 18.3. The van der Waals surface area contributed by atoms with Crippen molar-refractivity contribution in [1.29, 1.82) is 0 Å². The van der Waals surface area contributed by atoms with Gasteiger partial charge in [0.1, 0.15) is 11.2 Å². The molecule has 10 rings (SSSR count). The predicted octanol–water partition coefficient (Wildman–Crippen LogP) is 12.8. The van der Waals surface area contributed by atoms with E-state index in [1.165, 1.54) is 0 Å². The molecular formula is C50H32N4O. The van der Waals surface area contributed by atoms with Crippen LogP contribution in [0.4, 0.5) is 0 Å². The van der Waals surface area contributed by atoms with Gasteiger partial charge in [0.25, 0.3) is 0 Å². The third-order valence-electron chi connectivity index (χ3n) is 9.94. The number of nitrogens with zero attached hydrogens (tertiary/aromatic N) is 4. The normalized spacial score (nSPS) is 11.3. The topological polar surface area (TPSA) is 64.7 Å². The lowest BCUT2D eigenvalue weighted by Crippen LogP contribution is -2.00. The van der Waals surface area contributed by atoms with Crippen LogP contribution < -0.4 is 0 Å². The number of para-hydroxylation sites is 2. The van der Waals surface area contributed by atoms with Crippen LogP contribution in [-0.2, 0) is 0 Å². The van der Waals surface area contributed by atoms with E-state index in [4.69, 9.17) is 24.4 Å². The van der Waals surface area contributed by atoms with Gasteiger partial charge in [0, 0.05) is 44.2 Å². The maximum absolute atomic E-state index is 6.51. The Kier molecular flexibility index (Phi) is 8.08. The van der Waals surface area contributed by atoms with Gasteiger partial charge >= 0.3 is 0 Å². The van der Waals surface area contributed by atoms with Crippen molar-refractivity contribution in [3.05, 3.63) is 194 Å². The molecule has 3 aromatic heterocycles. The Morgan fingerprint density at radius 2 is 0.782 bits per heavy atom. The van der Waals surface area contributed by atoms with Gasteiger partial charge in [0.15, 0.2) is 17.5 Å². The van der Waals surface area contributed by atoms with Crippen LogP contribution in [0.2, 0.25) is 0 Å². The average molecular weight is 705 g/mol. The summed E-state index contributed by atoms with van der Waals surface area (Å²) in [6.07, 6.45) is 0. The van der Waals surface area contributed by atoms with E-state index in [1.807, 2.05) is 78.9 Å².